The highest BCUT2D eigenvalue weighted by Gasteiger charge is 2.29. The van der Waals surface area contributed by atoms with E-state index >= 15 is 0 Å². The zero-order valence-electron chi connectivity index (χ0n) is 10.8. The Morgan fingerprint density at radius 1 is 0.900 bits per heavy atom. The lowest BCUT2D eigenvalue weighted by atomic mass is 10.0. The van der Waals surface area contributed by atoms with Crippen LogP contribution in [0.25, 0.3) is 11.1 Å². The zero-order chi connectivity index (χ0) is 14.8. The van der Waals surface area contributed by atoms with Crippen molar-refractivity contribution in [2.24, 2.45) is 5.90 Å². The SMILES string of the molecule is CC(ON)c1ccc(-c2ccc(C(F)(F)F)cc2)cc1. The van der Waals surface area contributed by atoms with E-state index in [2.05, 4.69) is 0 Å². The van der Waals surface area contributed by atoms with E-state index in [-0.39, 0.29) is 6.10 Å². The second kappa shape index (κ2) is 5.64. The van der Waals surface area contributed by atoms with Crippen LogP contribution in [0.4, 0.5) is 13.2 Å². The lowest BCUT2D eigenvalue weighted by molar-refractivity contribution is -0.137. The van der Waals surface area contributed by atoms with Gasteiger partial charge in [-0.2, -0.15) is 13.2 Å². The summed E-state index contributed by atoms with van der Waals surface area (Å²) in [6, 6.07) is 12.4. The van der Waals surface area contributed by atoms with Crippen LogP contribution in [-0.4, -0.2) is 0 Å². The molecule has 0 heterocycles. The number of hydrogen-bond acceptors (Lipinski definition) is 2. The van der Waals surface area contributed by atoms with Crippen molar-refractivity contribution >= 4 is 0 Å². The minimum Gasteiger partial charge on any atom is -0.297 e. The van der Waals surface area contributed by atoms with Crippen LogP contribution in [0.3, 0.4) is 0 Å². The molecule has 0 amide bonds. The Kier molecular flexibility index (Phi) is 4.11. The van der Waals surface area contributed by atoms with Gasteiger partial charge in [-0.05, 0) is 35.7 Å². The Morgan fingerprint density at radius 2 is 1.35 bits per heavy atom. The van der Waals surface area contributed by atoms with E-state index in [9.17, 15) is 13.2 Å². The van der Waals surface area contributed by atoms with E-state index in [1.54, 1.807) is 0 Å². The molecule has 1 atom stereocenters. The second-order valence-electron chi connectivity index (χ2n) is 4.48. The Labute approximate surface area is 114 Å². The Morgan fingerprint density at radius 3 is 1.75 bits per heavy atom. The Hall–Kier alpha value is -1.85. The fourth-order valence-corrected chi connectivity index (χ4v) is 1.88. The predicted octanol–water partition coefficient (Wildman–Crippen LogP) is 4.32. The van der Waals surface area contributed by atoms with E-state index in [4.69, 9.17) is 10.7 Å². The summed E-state index contributed by atoms with van der Waals surface area (Å²) in [6.45, 7) is 1.81. The van der Waals surface area contributed by atoms with Gasteiger partial charge in [0.15, 0.2) is 0 Å². The molecule has 2 nitrogen and oxygen atoms in total. The molecule has 0 saturated heterocycles. The van der Waals surface area contributed by atoms with Crippen LogP contribution in [0, 0.1) is 0 Å². The quantitative estimate of drug-likeness (QED) is 0.850. The van der Waals surface area contributed by atoms with E-state index in [1.165, 1.54) is 12.1 Å². The van der Waals surface area contributed by atoms with Crippen LogP contribution in [-0.2, 0) is 11.0 Å². The van der Waals surface area contributed by atoms with Gasteiger partial charge in [0.2, 0.25) is 0 Å². The topological polar surface area (TPSA) is 35.2 Å². The lowest BCUT2D eigenvalue weighted by Crippen LogP contribution is -2.05. The molecule has 2 N–H and O–H groups in total. The van der Waals surface area contributed by atoms with Crippen molar-refractivity contribution < 1.29 is 18.0 Å². The van der Waals surface area contributed by atoms with E-state index in [0.29, 0.717) is 0 Å². The third-order valence-electron chi connectivity index (χ3n) is 3.13. The Bertz CT molecular complexity index is 561. The highest BCUT2D eigenvalue weighted by atomic mass is 19.4. The maximum absolute atomic E-state index is 12.5. The molecule has 1 unspecified atom stereocenters. The Balaban J connectivity index is 2.24. The standard InChI is InChI=1S/C15H14F3NO/c1-10(20-19)11-2-4-12(5-3-11)13-6-8-14(9-7-13)15(16,17)18/h2-10H,19H2,1H3. The smallest absolute Gasteiger partial charge is 0.297 e. The highest BCUT2D eigenvalue weighted by molar-refractivity contribution is 5.64. The van der Waals surface area contributed by atoms with Crippen molar-refractivity contribution in [1.29, 1.82) is 0 Å². The summed E-state index contributed by atoms with van der Waals surface area (Å²) in [5.74, 6) is 5.10. The van der Waals surface area contributed by atoms with Crippen molar-refractivity contribution in [2.45, 2.75) is 19.2 Å². The highest BCUT2D eigenvalue weighted by Crippen LogP contribution is 2.31. The molecule has 106 valence electrons. The van der Waals surface area contributed by atoms with Crippen LogP contribution in [0.5, 0.6) is 0 Å². The van der Waals surface area contributed by atoms with E-state index in [1.807, 2.05) is 31.2 Å². The van der Waals surface area contributed by atoms with E-state index in [0.717, 1.165) is 28.8 Å². The number of rotatable bonds is 3. The fraction of sp³-hybridized carbons (Fsp3) is 0.200. The monoisotopic (exact) mass is 281 g/mol. The third kappa shape index (κ3) is 3.18. The maximum Gasteiger partial charge on any atom is 0.416 e. The molecule has 0 aliphatic heterocycles. The summed E-state index contributed by atoms with van der Waals surface area (Å²) >= 11 is 0. The van der Waals surface area contributed by atoms with Gasteiger partial charge in [-0.1, -0.05) is 36.4 Å². The van der Waals surface area contributed by atoms with Gasteiger partial charge >= 0.3 is 6.18 Å². The molecule has 0 fully saturated rings. The molecule has 0 bridgehead atoms. The van der Waals surface area contributed by atoms with Gasteiger partial charge in [0.25, 0.3) is 0 Å². The number of benzene rings is 2. The molecule has 0 aliphatic carbocycles. The van der Waals surface area contributed by atoms with Crippen molar-refractivity contribution in [3.8, 4) is 11.1 Å². The fourth-order valence-electron chi connectivity index (χ4n) is 1.88. The van der Waals surface area contributed by atoms with Gasteiger partial charge in [-0.3, -0.25) is 4.84 Å². The first kappa shape index (κ1) is 14.6. The summed E-state index contributed by atoms with van der Waals surface area (Å²) in [5, 5.41) is 0. The molecule has 2 aromatic rings. The predicted molar refractivity (Wildman–Crippen MR) is 70.6 cm³/mol. The minimum atomic E-state index is -4.31. The maximum atomic E-state index is 12.5. The first-order chi connectivity index (χ1) is 9.41. The minimum absolute atomic E-state index is 0.225. The molecule has 0 aromatic heterocycles. The number of hydrogen-bond donors (Lipinski definition) is 1. The largest absolute Gasteiger partial charge is 0.416 e. The average molecular weight is 281 g/mol. The van der Waals surface area contributed by atoms with Crippen molar-refractivity contribution in [3.05, 3.63) is 59.7 Å². The van der Waals surface area contributed by atoms with Gasteiger partial charge in [0, 0.05) is 0 Å². The summed E-state index contributed by atoms with van der Waals surface area (Å²) in [7, 11) is 0. The lowest BCUT2D eigenvalue weighted by Gasteiger charge is -2.10. The molecule has 2 aromatic carbocycles. The summed E-state index contributed by atoms with van der Waals surface area (Å²) < 4.78 is 37.4. The van der Waals surface area contributed by atoms with Crippen molar-refractivity contribution in [2.75, 3.05) is 0 Å². The first-order valence-electron chi connectivity index (χ1n) is 6.05. The molecule has 0 radical (unpaired) electrons. The number of halogens is 3. The van der Waals surface area contributed by atoms with E-state index < -0.39 is 11.7 Å². The van der Waals surface area contributed by atoms with Gasteiger partial charge in [-0.15, -0.1) is 0 Å². The van der Waals surface area contributed by atoms with Crippen LogP contribution in [0.15, 0.2) is 48.5 Å². The van der Waals surface area contributed by atoms with Crippen molar-refractivity contribution in [1.82, 2.24) is 0 Å². The summed E-state index contributed by atoms with van der Waals surface area (Å²) in [6.07, 6.45) is -4.53. The molecule has 2 rings (SSSR count). The molecule has 0 spiro atoms. The van der Waals surface area contributed by atoms with Gasteiger partial charge in [-0.25, -0.2) is 5.90 Å². The molecule has 0 saturated carbocycles. The van der Waals surface area contributed by atoms with Gasteiger partial charge in [0.1, 0.15) is 6.10 Å². The number of alkyl halides is 3. The third-order valence-corrected chi connectivity index (χ3v) is 3.13. The van der Waals surface area contributed by atoms with Crippen LogP contribution < -0.4 is 5.90 Å². The second-order valence-corrected chi connectivity index (χ2v) is 4.48. The van der Waals surface area contributed by atoms with Crippen LogP contribution >= 0.6 is 0 Å². The zero-order valence-corrected chi connectivity index (χ0v) is 10.8. The first-order valence-corrected chi connectivity index (χ1v) is 6.05. The molecular formula is C15H14F3NO. The van der Waals surface area contributed by atoms with Crippen LogP contribution in [0.2, 0.25) is 0 Å². The summed E-state index contributed by atoms with van der Waals surface area (Å²) in [5.41, 5.74) is 1.82. The van der Waals surface area contributed by atoms with Crippen LogP contribution in [0.1, 0.15) is 24.2 Å². The van der Waals surface area contributed by atoms with Crippen molar-refractivity contribution in [3.63, 3.8) is 0 Å². The molecular weight excluding hydrogens is 267 g/mol. The van der Waals surface area contributed by atoms with Gasteiger partial charge < -0.3 is 0 Å². The summed E-state index contributed by atoms with van der Waals surface area (Å²) in [4.78, 5) is 4.71. The molecule has 5 heteroatoms. The number of nitrogens with two attached hydrogens (primary N) is 1. The molecule has 0 aliphatic rings. The van der Waals surface area contributed by atoms with Gasteiger partial charge in [0.05, 0.1) is 5.56 Å². The normalized spacial score (nSPS) is 13.2. The molecule has 20 heavy (non-hydrogen) atoms. The average Bonchev–Trinajstić information content (AvgIpc) is 2.46.